The zero-order valence-corrected chi connectivity index (χ0v) is 13.5. The minimum atomic E-state index is -0.953. The van der Waals surface area contributed by atoms with Crippen molar-refractivity contribution in [2.75, 3.05) is 32.1 Å². The van der Waals surface area contributed by atoms with Crippen LogP contribution in [0, 0.1) is 11.6 Å². The molecule has 1 fully saturated rings. The van der Waals surface area contributed by atoms with Gasteiger partial charge in [-0.25, -0.2) is 8.78 Å². The van der Waals surface area contributed by atoms with Crippen LogP contribution in [-0.4, -0.2) is 54.8 Å². The van der Waals surface area contributed by atoms with Crippen molar-refractivity contribution in [1.82, 2.24) is 10.2 Å². The van der Waals surface area contributed by atoms with Gasteiger partial charge in [0, 0.05) is 18.0 Å². The molecule has 0 bridgehead atoms. The van der Waals surface area contributed by atoms with Gasteiger partial charge in [0.1, 0.15) is 6.04 Å². The second kappa shape index (κ2) is 8.26. The molecule has 0 aromatic heterocycles. The molecule has 2 amide bonds. The zero-order chi connectivity index (χ0) is 16.8. The van der Waals surface area contributed by atoms with E-state index < -0.39 is 17.7 Å². The molecule has 2 rings (SSSR count). The molecule has 1 aliphatic heterocycles. The Kier molecular flexibility index (Phi) is 6.35. The van der Waals surface area contributed by atoms with Crippen molar-refractivity contribution in [3.05, 3.63) is 29.8 Å². The van der Waals surface area contributed by atoms with E-state index >= 15 is 0 Å². The molecular formula is C15H18F2N2O3S. The molecule has 1 saturated heterocycles. The van der Waals surface area contributed by atoms with Crippen LogP contribution in [0.25, 0.3) is 0 Å². The Bertz CT molecular complexity index is 580. The molecular weight excluding hydrogens is 326 g/mol. The number of nitrogens with zero attached hydrogens (tertiary/aromatic N) is 1. The number of rotatable bonds is 5. The van der Waals surface area contributed by atoms with Gasteiger partial charge in [-0.3, -0.25) is 9.59 Å². The van der Waals surface area contributed by atoms with Crippen molar-refractivity contribution < 1.29 is 23.1 Å². The maximum absolute atomic E-state index is 13.1. The maximum Gasteiger partial charge on any atom is 0.245 e. The highest BCUT2D eigenvalue weighted by atomic mass is 32.2. The number of morpholine rings is 1. The van der Waals surface area contributed by atoms with Crippen LogP contribution in [0.2, 0.25) is 0 Å². The lowest BCUT2D eigenvalue weighted by Gasteiger charge is -2.29. The SMILES string of the molecule is C[C@@H](NC(=O)CSc1ccc(F)c(F)c1)C(=O)N1CCOCC1. The molecule has 126 valence electrons. The molecule has 5 nitrogen and oxygen atoms in total. The predicted molar refractivity (Wildman–Crippen MR) is 82.1 cm³/mol. The summed E-state index contributed by atoms with van der Waals surface area (Å²) in [5.74, 6) is -2.35. The normalized spacial score (nSPS) is 16.0. The fourth-order valence-electron chi connectivity index (χ4n) is 2.12. The molecule has 8 heteroatoms. The fraction of sp³-hybridized carbons (Fsp3) is 0.467. The van der Waals surface area contributed by atoms with E-state index in [0.717, 1.165) is 23.9 Å². The van der Waals surface area contributed by atoms with Crippen LogP contribution in [0.4, 0.5) is 8.78 Å². The van der Waals surface area contributed by atoms with E-state index in [9.17, 15) is 18.4 Å². The summed E-state index contributed by atoms with van der Waals surface area (Å²) < 4.78 is 31.1. The highest BCUT2D eigenvalue weighted by molar-refractivity contribution is 8.00. The van der Waals surface area contributed by atoms with Gasteiger partial charge < -0.3 is 15.0 Å². The van der Waals surface area contributed by atoms with E-state index in [0.29, 0.717) is 31.2 Å². The van der Waals surface area contributed by atoms with Gasteiger partial charge in [-0.2, -0.15) is 0 Å². The van der Waals surface area contributed by atoms with E-state index in [-0.39, 0.29) is 17.6 Å². The maximum atomic E-state index is 13.1. The third kappa shape index (κ3) is 5.18. The highest BCUT2D eigenvalue weighted by Crippen LogP contribution is 2.20. The van der Waals surface area contributed by atoms with Gasteiger partial charge in [-0.05, 0) is 25.1 Å². The van der Waals surface area contributed by atoms with Crippen LogP contribution in [0.1, 0.15) is 6.92 Å². The molecule has 0 saturated carbocycles. The first-order chi connectivity index (χ1) is 11.0. The van der Waals surface area contributed by atoms with Gasteiger partial charge in [0.2, 0.25) is 11.8 Å². The van der Waals surface area contributed by atoms with Gasteiger partial charge in [-0.1, -0.05) is 0 Å². The molecule has 0 unspecified atom stereocenters. The van der Waals surface area contributed by atoms with Crippen LogP contribution >= 0.6 is 11.8 Å². The van der Waals surface area contributed by atoms with E-state index in [1.165, 1.54) is 6.07 Å². The first-order valence-electron chi connectivity index (χ1n) is 7.21. The van der Waals surface area contributed by atoms with Gasteiger partial charge in [0.15, 0.2) is 11.6 Å². The van der Waals surface area contributed by atoms with Crippen molar-refractivity contribution in [2.45, 2.75) is 17.9 Å². The fourth-order valence-corrected chi connectivity index (χ4v) is 2.85. The number of carbonyl (C=O) groups is 2. The Morgan fingerprint density at radius 3 is 2.65 bits per heavy atom. The second-order valence-corrected chi connectivity index (χ2v) is 6.14. The Hall–Kier alpha value is -1.67. The summed E-state index contributed by atoms with van der Waals surface area (Å²) in [7, 11) is 0. The van der Waals surface area contributed by atoms with Crippen molar-refractivity contribution in [2.24, 2.45) is 0 Å². The summed E-state index contributed by atoms with van der Waals surface area (Å²) in [6.07, 6.45) is 0. The van der Waals surface area contributed by atoms with Crippen LogP contribution in [0.15, 0.2) is 23.1 Å². The highest BCUT2D eigenvalue weighted by Gasteiger charge is 2.23. The number of halogens is 2. The van der Waals surface area contributed by atoms with Gasteiger partial charge >= 0.3 is 0 Å². The summed E-state index contributed by atoms with van der Waals surface area (Å²) in [6.45, 7) is 3.65. The van der Waals surface area contributed by atoms with Crippen molar-refractivity contribution in [1.29, 1.82) is 0 Å². The van der Waals surface area contributed by atoms with E-state index in [2.05, 4.69) is 5.32 Å². The van der Waals surface area contributed by atoms with E-state index in [1.807, 2.05) is 0 Å². The number of hydrogen-bond acceptors (Lipinski definition) is 4. The number of amides is 2. The lowest BCUT2D eigenvalue weighted by atomic mass is 10.2. The number of ether oxygens (including phenoxy) is 1. The molecule has 1 N–H and O–H groups in total. The van der Waals surface area contributed by atoms with Crippen molar-refractivity contribution >= 4 is 23.6 Å². The molecule has 0 spiro atoms. The predicted octanol–water partition coefficient (Wildman–Crippen LogP) is 1.42. The summed E-state index contributed by atoms with van der Waals surface area (Å²) in [5, 5.41) is 2.61. The largest absolute Gasteiger partial charge is 0.378 e. The molecule has 1 aromatic carbocycles. The monoisotopic (exact) mass is 344 g/mol. The Morgan fingerprint density at radius 1 is 1.30 bits per heavy atom. The number of hydrogen-bond donors (Lipinski definition) is 1. The zero-order valence-electron chi connectivity index (χ0n) is 12.7. The van der Waals surface area contributed by atoms with Crippen LogP contribution in [-0.2, 0) is 14.3 Å². The minimum Gasteiger partial charge on any atom is -0.378 e. The smallest absolute Gasteiger partial charge is 0.245 e. The lowest BCUT2D eigenvalue weighted by molar-refractivity contribution is -0.139. The minimum absolute atomic E-state index is 0.0196. The average molecular weight is 344 g/mol. The summed E-state index contributed by atoms with van der Waals surface area (Å²) in [4.78, 5) is 26.1. The first kappa shape index (κ1) is 17.7. The third-order valence-corrected chi connectivity index (χ3v) is 4.33. The lowest BCUT2D eigenvalue weighted by Crippen LogP contribution is -2.50. The van der Waals surface area contributed by atoms with E-state index in [1.54, 1.807) is 11.8 Å². The van der Waals surface area contributed by atoms with Crippen LogP contribution in [0.3, 0.4) is 0 Å². The standard InChI is InChI=1S/C15H18F2N2O3S/c1-10(15(21)19-4-6-22-7-5-19)18-14(20)9-23-11-2-3-12(16)13(17)8-11/h2-3,8,10H,4-7,9H2,1H3,(H,18,20)/t10-/m1/s1. The Morgan fingerprint density at radius 2 is 2.00 bits per heavy atom. The number of nitrogens with one attached hydrogen (secondary N) is 1. The first-order valence-corrected chi connectivity index (χ1v) is 8.19. The molecule has 1 atom stereocenters. The number of thioether (sulfide) groups is 1. The molecule has 23 heavy (non-hydrogen) atoms. The van der Waals surface area contributed by atoms with Gasteiger partial charge in [-0.15, -0.1) is 11.8 Å². The van der Waals surface area contributed by atoms with Crippen LogP contribution < -0.4 is 5.32 Å². The summed E-state index contributed by atoms with van der Waals surface area (Å²) in [6, 6.07) is 2.82. The second-order valence-electron chi connectivity index (χ2n) is 5.09. The molecule has 1 heterocycles. The molecule has 1 aromatic rings. The summed E-state index contributed by atoms with van der Waals surface area (Å²) in [5.41, 5.74) is 0. The van der Waals surface area contributed by atoms with Crippen molar-refractivity contribution in [3.8, 4) is 0 Å². The average Bonchev–Trinajstić information content (AvgIpc) is 2.56. The van der Waals surface area contributed by atoms with Gasteiger partial charge in [0.25, 0.3) is 0 Å². The Labute approximate surface area is 137 Å². The molecule has 0 radical (unpaired) electrons. The topological polar surface area (TPSA) is 58.6 Å². The van der Waals surface area contributed by atoms with E-state index in [4.69, 9.17) is 4.74 Å². The number of carbonyl (C=O) groups excluding carboxylic acids is 2. The molecule has 0 aliphatic carbocycles. The quantitative estimate of drug-likeness (QED) is 0.821. The van der Waals surface area contributed by atoms with Crippen molar-refractivity contribution in [3.63, 3.8) is 0 Å². The van der Waals surface area contributed by atoms with Crippen LogP contribution in [0.5, 0.6) is 0 Å². The summed E-state index contributed by atoms with van der Waals surface area (Å²) >= 11 is 1.08. The third-order valence-electron chi connectivity index (χ3n) is 3.33. The Balaban J connectivity index is 1.79. The van der Waals surface area contributed by atoms with Gasteiger partial charge in [0.05, 0.1) is 19.0 Å². The molecule has 1 aliphatic rings. The number of benzene rings is 1.